The molecule has 0 aromatic heterocycles. The minimum atomic E-state index is 0.566. The van der Waals surface area contributed by atoms with Crippen LogP contribution in [0, 0.1) is 17.8 Å². The van der Waals surface area contributed by atoms with Gasteiger partial charge < -0.3 is 17.2 Å². The largest absolute Gasteiger partial charge is 0.398 e. The first-order chi connectivity index (χ1) is 10.4. The van der Waals surface area contributed by atoms with Gasteiger partial charge in [-0.05, 0) is 48.8 Å². The molecule has 0 aliphatic carbocycles. The van der Waals surface area contributed by atoms with Crippen LogP contribution in [0.25, 0.3) is 10.8 Å². The molecule has 0 saturated heterocycles. The Bertz CT molecular complexity index is 634. The number of benzene rings is 2. The molecule has 0 saturated carbocycles. The minimum absolute atomic E-state index is 0.566. The fourth-order valence-electron chi connectivity index (χ4n) is 3.24. The smallest absolute Gasteiger partial charge is 0.0427 e. The Kier molecular flexibility index (Phi) is 5.30. The maximum atomic E-state index is 6.38. The lowest BCUT2D eigenvalue weighted by molar-refractivity contribution is 0.313. The van der Waals surface area contributed by atoms with Crippen molar-refractivity contribution in [3.63, 3.8) is 0 Å². The Balaban J connectivity index is 2.20. The van der Waals surface area contributed by atoms with Crippen molar-refractivity contribution in [2.45, 2.75) is 33.6 Å². The summed E-state index contributed by atoms with van der Waals surface area (Å²) in [6, 6.07) is 10.1. The van der Waals surface area contributed by atoms with Crippen LogP contribution < -0.4 is 17.2 Å². The van der Waals surface area contributed by atoms with Crippen LogP contribution in [0.2, 0.25) is 0 Å². The van der Waals surface area contributed by atoms with Gasteiger partial charge in [-0.2, -0.15) is 0 Å². The molecule has 0 bridgehead atoms. The molecule has 2 unspecified atom stereocenters. The van der Waals surface area contributed by atoms with Crippen molar-refractivity contribution in [3.8, 4) is 0 Å². The molecular weight excluding hydrogens is 270 g/mol. The zero-order valence-corrected chi connectivity index (χ0v) is 14.0. The highest BCUT2D eigenvalue weighted by molar-refractivity contribution is 6.01. The van der Waals surface area contributed by atoms with Crippen LogP contribution in [0.15, 0.2) is 30.3 Å². The van der Waals surface area contributed by atoms with Gasteiger partial charge in [0.2, 0.25) is 0 Å². The summed E-state index contributed by atoms with van der Waals surface area (Å²) in [6.45, 7) is 7.54. The van der Waals surface area contributed by atoms with Crippen molar-refractivity contribution in [2.24, 2.45) is 23.5 Å². The maximum absolute atomic E-state index is 6.38. The van der Waals surface area contributed by atoms with Gasteiger partial charge in [-0.15, -0.1) is 0 Å². The molecule has 2 atom stereocenters. The second-order valence-electron chi connectivity index (χ2n) is 6.87. The lowest BCUT2D eigenvalue weighted by atomic mass is 9.84. The van der Waals surface area contributed by atoms with Crippen LogP contribution in [0.4, 0.5) is 11.4 Å². The zero-order valence-electron chi connectivity index (χ0n) is 14.0. The van der Waals surface area contributed by atoms with E-state index >= 15 is 0 Å². The lowest BCUT2D eigenvalue weighted by Crippen LogP contribution is -2.23. The molecule has 120 valence electrons. The van der Waals surface area contributed by atoms with Gasteiger partial charge in [0.05, 0.1) is 0 Å². The van der Waals surface area contributed by atoms with Crippen molar-refractivity contribution < 1.29 is 0 Å². The normalized spacial score (nSPS) is 14.4. The Morgan fingerprint density at radius 1 is 0.955 bits per heavy atom. The third-order valence-electron chi connectivity index (χ3n) is 4.75. The van der Waals surface area contributed by atoms with Crippen LogP contribution in [0.5, 0.6) is 0 Å². The third kappa shape index (κ3) is 3.53. The quantitative estimate of drug-likeness (QED) is 0.710. The van der Waals surface area contributed by atoms with Gasteiger partial charge in [-0.25, -0.2) is 0 Å². The van der Waals surface area contributed by atoms with Gasteiger partial charge in [0.15, 0.2) is 0 Å². The second-order valence-corrected chi connectivity index (χ2v) is 6.87. The number of nitrogen functional groups attached to an aromatic ring is 2. The van der Waals surface area contributed by atoms with E-state index in [1.165, 1.54) is 5.56 Å². The summed E-state index contributed by atoms with van der Waals surface area (Å²) in [5, 5.41) is 2.10. The molecule has 3 heteroatoms. The van der Waals surface area contributed by atoms with Crippen molar-refractivity contribution in [1.82, 2.24) is 0 Å². The minimum Gasteiger partial charge on any atom is -0.398 e. The van der Waals surface area contributed by atoms with Crippen LogP contribution in [0.1, 0.15) is 32.8 Å². The predicted molar refractivity (Wildman–Crippen MR) is 97.6 cm³/mol. The summed E-state index contributed by atoms with van der Waals surface area (Å²) in [6.07, 6.45) is 2.13. The fraction of sp³-hybridized carbons (Fsp3) is 0.474. The van der Waals surface area contributed by atoms with E-state index in [2.05, 4.69) is 32.9 Å². The predicted octanol–water partition coefficient (Wildman–Crippen LogP) is 3.80. The first-order valence-electron chi connectivity index (χ1n) is 8.19. The van der Waals surface area contributed by atoms with Gasteiger partial charge in [0.25, 0.3) is 0 Å². The van der Waals surface area contributed by atoms with Crippen LogP contribution >= 0.6 is 0 Å². The molecule has 2 aromatic carbocycles. The Labute approximate surface area is 133 Å². The van der Waals surface area contributed by atoms with E-state index < -0.39 is 0 Å². The van der Waals surface area contributed by atoms with Crippen LogP contribution in [-0.4, -0.2) is 6.54 Å². The maximum Gasteiger partial charge on any atom is 0.0427 e. The molecule has 22 heavy (non-hydrogen) atoms. The molecule has 6 N–H and O–H groups in total. The standard InChI is InChI=1S/C19H29N3/c1-12(2)15(11-20)10-13(3)9-14-7-8-16-17(19(14)22)5-4-6-18(16)21/h4-8,12-13,15H,9-11,20-22H2,1-3H3. The van der Waals surface area contributed by atoms with Crippen molar-refractivity contribution in [2.75, 3.05) is 18.0 Å². The molecule has 0 radical (unpaired) electrons. The average molecular weight is 299 g/mol. The van der Waals surface area contributed by atoms with Gasteiger partial charge in [-0.3, -0.25) is 0 Å². The summed E-state index contributed by atoms with van der Waals surface area (Å²) in [5.41, 5.74) is 21.2. The number of hydrogen-bond donors (Lipinski definition) is 3. The van der Waals surface area contributed by atoms with Gasteiger partial charge in [0.1, 0.15) is 0 Å². The molecule has 0 amide bonds. The zero-order chi connectivity index (χ0) is 16.3. The molecule has 0 spiro atoms. The number of fused-ring (bicyclic) bond motifs is 1. The van der Waals surface area contributed by atoms with E-state index in [9.17, 15) is 0 Å². The van der Waals surface area contributed by atoms with Crippen LogP contribution in [-0.2, 0) is 6.42 Å². The summed E-state index contributed by atoms with van der Waals surface area (Å²) < 4.78 is 0. The Morgan fingerprint density at radius 2 is 1.68 bits per heavy atom. The Hall–Kier alpha value is -1.74. The highest BCUT2D eigenvalue weighted by Crippen LogP contribution is 2.31. The molecular formula is C19H29N3. The monoisotopic (exact) mass is 299 g/mol. The molecule has 0 fully saturated rings. The van der Waals surface area contributed by atoms with E-state index in [-0.39, 0.29) is 0 Å². The molecule has 0 heterocycles. The van der Waals surface area contributed by atoms with Gasteiger partial charge in [-0.1, -0.05) is 45.0 Å². The highest BCUT2D eigenvalue weighted by atomic mass is 14.6. The van der Waals surface area contributed by atoms with Crippen molar-refractivity contribution in [3.05, 3.63) is 35.9 Å². The van der Waals surface area contributed by atoms with E-state index in [0.717, 1.165) is 41.5 Å². The summed E-state index contributed by atoms with van der Waals surface area (Å²) in [5.74, 6) is 1.77. The number of anilines is 2. The molecule has 0 aliphatic rings. The Morgan fingerprint density at radius 3 is 2.32 bits per heavy atom. The molecule has 0 aliphatic heterocycles. The summed E-state index contributed by atoms with van der Waals surface area (Å²) in [7, 11) is 0. The van der Waals surface area contributed by atoms with E-state index in [1.54, 1.807) is 0 Å². The first kappa shape index (κ1) is 16.6. The summed E-state index contributed by atoms with van der Waals surface area (Å²) in [4.78, 5) is 0. The number of hydrogen-bond acceptors (Lipinski definition) is 3. The van der Waals surface area contributed by atoms with E-state index in [4.69, 9.17) is 17.2 Å². The van der Waals surface area contributed by atoms with E-state index in [1.807, 2.05) is 18.2 Å². The fourth-order valence-corrected chi connectivity index (χ4v) is 3.24. The highest BCUT2D eigenvalue weighted by Gasteiger charge is 2.17. The molecule has 2 rings (SSSR count). The van der Waals surface area contributed by atoms with Gasteiger partial charge >= 0.3 is 0 Å². The number of rotatable bonds is 6. The van der Waals surface area contributed by atoms with Crippen molar-refractivity contribution >= 4 is 22.1 Å². The first-order valence-corrected chi connectivity index (χ1v) is 8.19. The van der Waals surface area contributed by atoms with Crippen molar-refractivity contribution in [1.29, 1.82) is 0 Å². The SMILES string of the molecule is CC(Cc1ccc2c(N)cccc2c1N)CC(CN)C(C)C. The third-order valence-corrected chi connectivity index (χ3v) is 4.75. The average Bonchev–Trinajstić information content (AvgIpc) is 2.48. The topological polar surface area (TPSA) is 78.1 Å². The van der Waals surface area contributed by atoms with Crippen LogP contribution in [0.3, 0.4) is 0 Å². The lowest BCUT2D eigenvalue weighted by Gasteiger charge is -2.23. The molecule has 3 nitrogen and oxygen atoms in total. The summed E-state index contributed by atoms with van der Waals surface area (Å²) >= 11 is 0. The van der Waals surface area contributed by atoms with Gasteiger partial charge in [0, 0.05) is 22.1 Å². The molecule has 2 aromatic rings. The van der Waals surface area contributed by atoms with E-state index in [0.29, 0.717) is 17.8 Å². The number of nitrogens with two attached hydrogens (primary N) is 3. The second kappa shape index (κ2) is 7.01.